The largest absolute Gasteiger partial charge is 0.496 e. The van der Waals surface area contributed by atoms with Gasteiger partial charge < -0.3 is 15.8 Å². The number of carbonyl (C=O) groups is 1. The number of anilines is 1. The zero-order valence-electron chi connectivity index (χ0n) is 17.9. The second-order valence-corrected chi connectivity index (χ2v) is 7.11. The van der Waals surface area contributed by atoms with Gasteiger partial charge in [0.15, 0.2) is 11.5 Å². The van der Waals surface area contributed by atoms with Crippen molar-refractivity contribution in [3.63, 3.8) is 0 Å². The van der Waals surface area contributed by atoms with Gasteiger partial charge in [0.05, 0.1) is 18.5 Å². The summed E-state index contributed by atoms with van der Waals surface area (Å²) in [7, 11) is 3.09. The van der Waals surface area contributed by atoms with Crippen LogP contribution in [0.3, 0.4) is 0 Å². The van der Waals surface area contributed by atoms with Crippen LogP contribution in [0.1, 0.15) is 11.1 Å². The van der Waals surface area contributed by atoms with Crippen molar-refractivity contribution in [3.8, 4) is 17.1 Å². The van der Waals surface area contributed by atoms with E-state index in [4.69, 9.17) is 10.5 Å². The average Bonchev–Trinajstić information content (AvgIpc) is 3.11. The highest BCUT2D eigenvalue weighted by Crippen LogP contribution is 2.28. The lowest BCUT2D eigenvalue weighted by molar-refractivity contribution is -0.115. The van der Waals surface area contributed by atoms with Crippen LogP contribution in [0.15, 0.2) is 60.2 Å². The van der Waals surface area contributed by atoms with Gasteiger partial charge in [-0.25, -0.2) is 19.3 Å². The van der Waals surface area contributed by atoms with E-state index < -0.39 is 5.69 Å². The number of carbonyl (C=O) groups excluding carboxylic acids is 1. The molecule has 4 aromatic rings. The van der Waals surface area contributed by atoms with Gasteiger partial charge in [-0.2, -0.15) is 0 Å². The number of amides is 1. The lowest BCUT2D eigenvalue weighted by Crippen LogP contribution is -2.24. The number of nitrogen functional groups attached to an aromatic ring is 1. The first-order valence-corrected chi connectivity index (χ1v) is 9.78. The summed E-state index contributed by atoms with van der Waals surface area (Å²) in [4.78, 5) is 34.5. The van der Waals surface area contributed by atoms with Gasteiger partial charge in [0, 0.05) is 24.3 Å². The van der Waals surface area contributed by atoms with E-state index in [2.05, 4.69) is 21.9 Å². The van der Waals surface area contributed by atoms with Crippen LogP contribution in [0.5, 0.6) is 5.75 Å². The number of rotatable bonds is 5. The van der Waals surface area contributed by atoms with E-state index in [1.54, 1.807) is 43.5 Å². The third-order valence-corrected chi connectivity index (χ3v) is 5.27. The number of para-hydroxylation sites is 1. The Morgan fingerprint density at radius 1 is 1.16 bits per heavy atom. The number of methoxy groups -OCH3 is 1. The molecule has 1 amide bonds. The van der Waals surface area contributed by atoms with Crippen LogP contribution in [0, 0.1) is 6.92 Å². The molecule has 9 heteroatoms. The summed E-state index contributed by atoms with van der Waals surface area (Å²) in [5, 5.41) is 2.56. The number of nitrogens with zero attached hydrogens (tertiary/aromatic N) is 4. The van der Waals surface area contributed by atoms with Gasteiger partial charge in [-0.05, 0) is 24.6 Å². The van der Waals surface area contributed by atoms with Crippen molar-refractivity contribution in [3.05, 3.63) is 77.0 Å². The minimum atomic E-state index is -0.421. The lowest BCUT2D eigenvalue weighted by Gasteiger charge is -2.11. The summed E-state index contributed by atoms with van der Waals surface area (Å²) in [6.45, 7) is 5.81. The van der Waals surface area contributed by atoms with E-state index in [9.17, 15) is 9.59 Å². The summed E-state index contributed by atoms with van der Waals surface area (Å²) in [6.07, 6.45) is 1.30. The minimum Gasteiger partial charge on any atom is -0.496 e. The maximum absolute atomic E-state index is 13.8. The van der Waals surface area contributed by atoms with E-state index >= 15 is 0 Å². The molecule has 0 saturated heterocycles. The Kier molecular flexibility index (Phi) is 5.23. The first kappa shape index (κ1) is 20.9. The maximum Gasteiger partial charge on any atom is 0.339 e. The first-order chi connectivity index (χ1) is 15.4. The van der Waals surface area contributed by atoms with Crippen molar-refractivity contribution in [2.75, 3.05) is 19.9 Å². The van der Waals surface area contributed by atoms with Gasteiger partial charge in [-0.3, -0.25) is 9.36 Å². The number of hydrogen-bond acceptors (Lipinski definition) is 6. The van der Waals surface area contributed by atoms with Crippen molar-refractivity contribution in [1.82, 2.24) is 24.4 Å². The second kappa shape index (κ2) is 8.03. The van der Waals surface area contributed by atoms with Gasteiger partial charge in [-0.1, -0.05) is 30.8 Å². The standard InChI is InChI=1S/C23H22N6O3/c1-13-9-10-15(11-18(13)32-4)28-19-20(24)26-12-27-21(19)29(23(28)31)17-8-6-5-7-16(17)14(2)22(30)25-3/h5-12H,2H2,1,3-4H3,(H,25,30)(H2,24,26,27). The molecule has 0 unspecified atom stereocenters. The molecule has 0 spiro atoms. The topological polar surface area (TPSA) is 117 Å². The van der Waals surface area contributed by atoms with Crippen LogP contribution in [-0.2, 0) is 4.79 Å². The second-order valence-electron chi connectivity index (χ2n) is 7.11. The molecular formula is C23H22N6O3. The number of nitrogens with two attached hydrogens (primary N) is 1. The van der Waals surface area contributed by atoms with Crippen LogP contribution >= 0.6 is 0 Å². The number of likely N-dealkylation sites (N-methyl/N-ethyl adjacent to an activating group) is 1. The number of benzene rings is 2. The molecule has 2 aromatic heterocycles. The molecule has 162 valence electrons. The Labute approximate surface area is 183 Å². The van der Waals surface area contributed by atoms with Gasteiger partial charge >= 0.3 is 5.69 Å². The van der Waals surface area contributed by atoms with Crippen LogP contribution in [0.2, 0.25) is 0 Å². The van der Waals surface area contributed by atoms with Crippen molar-refractivity contribution in [1.29, 1.82) is 0 Å². The number of hydrogen-bond donors (Lipinski definition) is 2. The zero-order chi connectivity index (χ0) is 23.0. The Morgan fingerprint density at radius 2 is 1.91 bits per heavy atom. The zero-order valence-corrected chi connectivity index (χ0v) is 17.9. The minimum absolute atomic E-state index is 0.146. The lowest BCUT2D eigenvalue weighted by atomic mass is 10.0. The van der Waals surface area contributed by atoms with Gasteiger partial charge in [0.1, 0.15) is 17.6 Å². The molecule has 0 aliphatic rings. The highest BCUT2D eigenvalue weighted by atomic mass is 16.5. The molecule has 0 aliphatic carbocycles. The Morgan fingerprint density at radius 3 is 2.62 bits per heavy atom. The van der Waals surface area contributed by atoms with Crippen molar-refractivity contribution in [2.24, 2.45) is 0 Å². The highest BCUT2D eigenvalue weighted by molar-refractivity contribution is 6.19. The predicted molar refractivity (Wildman–Crippen MR) is 123 cm³/mol. The molecule has 2 aromatic carbocycles. The quantitative estimate of drug-likeness (QED) is 0.469. The molecule has 0 atom stereocenters. The molecule has 0 aliphatic heterocycles. The number of ether oxygens (including phenoxy) is 1. The predicted octanol–water partition coefficient (Wildman–Crippen LogP) is 2.23. The summed E-state index contributed by atoms with van der Waals surface area (Å²) in [5.41, 5.74) is 9.05. The summed E-state index contributed by atoms with van der Waals surface area (Å²) in [6, 6.07) is 12.4. The molecule has 9 nitrogen and oxygen atoms in total. The van der Waals surface area contributed by atoms with Gasteiger partial charge in [-0.15, -0.1) is 0 Å². The van der Waals surface area contributed by atoms with E-state index in [1.165, 1.54) is 22.5 Å². The molecule has 0 radical (unpaired) electrons. The van der Waals surface area contributed by atoms with Gasteiger partial charge in [0.2, 0.25) is 0 Å². The molecule has 0 saturated carbocycles. The average molecular weight is 430 g/mol. The summed E-state index contributed by atoms with van der Waals surface area (Å²) < 4.78 is 8.27. The third kappa shape index (κ3) is 3.20. The van der Waals surface area contributed by atoms with E-state index in [0.29, 0.717) is 33.9 Å². The molecule has 0 bridgehead atoms. The van der Waals surface area contributed by atoms with E-state index in [0.717, 1.165) is 5.56 Å². The Hall–Kier alpha value is -4.40. The van der Waals surface area contributed by atoms with Crippen molar-refractivity contribution in [2.45, 2.75) is 6.92 Å². The van der Waals surface area contributed by atoms with Crippen LogP contribution in [0.25, 0.3) is 28.1 Å². The van der Waals surface area contributed by atoms with Crippen LogP contribution in [0.4, 0.5) is 5.82 Å². The first-order valence-electron chi connectivity index (χ1n) is 9.78. The smallest absolute Gasteiger partial charge is 0.339 e. The highest BCUT2D eigenvalue weighted by Gasteiger charge is 2.23. The third-order valence-electron chi connectivity index (χ3n) is 5.27. The normalized spacial score (nSPS) is 10.8. The molecule has 4 rings (SSSR count). The van der Waals surface area contributed by atoms with E-state index in [1.807, 2.05) is 13.0 Å². The molecular weight excluding hydrogens is 408 g/mol. The van der Waals surface area contributed by atoms with Crippen LogP contribution < -0.4 is 21.5 Å². The number of nitrogens with one attached hydrogen (secondary N) is 1. The van der Waals surface area contributed by atoms with Crippen molar-refractivity contribution >= 4 is 28.5 Å². The van der Waals surface area contributed by atoms with Crippen molar-refractivity contribution < 1.29 is 9.53 Å². The fourth-order valence-corrected chi connectivity index (χ4v) is 3.65. The number of aryl methyl sites for hydroxylation is 1. The molecule has 3 N–H and O–H groups in total. The van der Waals surface area contributed by atoms with Gasteiger partial charge in [0.25, 0.3) is 5.91 Å². The Bertz CT molecular complexity index is 1430. The fraction of sp³-hybridized carbons (Fsp3) is 0.130. The molecule has 2 heterocycles. The number of fused-ring (bicyclic) bond motifs is 1. The van der Waals surface area contributed by atoms with E-state index in [-0.39, 0.29) is 17.3 Å². The molecule has 32 heavy (non-hydrogen) atoms. The number of imidazole rings is 1. The molecule has 0 fully saturated rings. The Balaban J connectivity index is 2.09. The van der Waals surface area contributed by atoms with Crippen LogP contribution in [-0.4, -0.2) is 39.2 Å². The fourth-order valence-electron chi connectivity index (χ4n) is 3.65. The summed E-state index contributed by atoms with van der Waals surface area (Å²) >= 11 is 0. The maximum atomic E-state index is 13.8. The summed E-state index contributed by atoms with van der Waals surface area (Å²) in [5.74, 6) is 0.416. The SMILES string of the molecule is C=C(C(=O)NC)c1ccccc1-n1c(=O)n(-c2ccc(C)c(OC)c2)c2c(N)ncnc21. The number of aromatic nitrogens is 4. The monoisotopic (exact) mass is 430 g/mol.